The Labute approximate surface area is 185 Å². The number of aromatic nitrogens is 2. The van der Waals surface area contributed by atoms with Gasteiger partial charge in [-0.2, -0.15) is 0 Å². The molecule has 1 amide bonds. The maximum absolute atomic E-state index is 12.5. The van der Waals surface area contributed by atoms with Crippen LogP contribution in [0.5, 0.6) is 0 Å². The van der Waals surface area contributed by atoms with Crippen LogP contribution in [0.2, 0.25) is 0 Å². The molecular weight excluding hydrogens is 382 g/mol. The van der Waals surface area contributed by atoms with Crippen LogP contribution in [0, 0.1) is 28.6 Å². The molecule has 162 valence electrons. The van der Waals surface area contributed by atoms with Crippen LogP contribution in [-0.2, 0) is 4.79 Å². The Balaban J connectivity index is 1.35. The number of carbonyl (C=O) groups is 1. The number of hydrogen-bond acceptors (Lipinski definition) is 2. The fourth-order valence-electron chi connectivity index (χ4n) is 7.75. The van der Waals surface area contributed by atoms with Gasteiger partial charge in [0.1, 0.15) is 6.33 Å². The van der Waals surface area contributed by atoms with Gasteiger partial charge in [-0.3, -0.25) is 4.79 Å². The second-order valence-corrected chi connectivity index (χ2v) is 10.9. The zero-order chi connectivity index (χ0) is 21.4. The molecule has 0 saturated heterocycles. The average molecular weight is 416 g/mol. The largest absolute Gasteiger partial charge is 0.342 e. The molecule has 0 spiro atoms. The number of allylic oxidation sites excluding steroid dienone is 3. The number of benzene rings is 1. The summed E-state index contributed by atoms with van der Waals surface area (Å²) in [6, 6.07) is 8.50. The fraction of sp³-hybridized carbons (Fsp3) is 0.556. The third kappa shape index (κ3) is 2.60. The maximum atomic E-state index is 12.5. The van der Waals surface area contributed by atoms with Crippen molar-refractivity contribution in [2.45, 2.75) is 52.4 Å². The van der Waals surface area contributed by atoms with Crippen molar-refractivity contribution in [2.75, 3.05) is 13.6 Å². The van der Waals surface area contributed by atoms with E-state index >= 15 is 0 Å². The second-order valence-electron chi connectivity index (χ2n) is 10.9. The first-order valence-electron chi connectivity index (χ1n) is 12.0. The molecule has 0 unspecified atom stereocenters. The number of fused-ring (bicyclic) bond motifs is 6. The number of imidazole rings is 1. The zero-order valence-corrected chi connectivity index (χ0v) is 19.0. The summed E-state index contributed by atoms with van der Waals surface area (Å²) in [5.41, 5.74) is 5.58. The first-order chi connectivity index (χ1) is 14.9. The summed E-state index contributed by atoms with van der Waals surface area (Å²) < 4.78 is 2.37. The minimum Gasteiger partial charge on any atom is -0.342 e. The number of nitrogens with zero attached hydrogens (tertiary/aromatic N) is 3. The number of amides is 1. The third-order valence-corrected chi connectivity index (χ3v) is 9.63. The Kier molecular flexibility index (Phi) is 4.10. The van der Waals surface area contributed by atoms with E-state index < -0.39 is 0 Å². The fourth-order valence-corrected chi connectivity index (χ4v) is 7.75. The van der Waals surface area contributed by atoms with Gasteiger partial charge >= 0.3 is 0 Å². The lowest BCUT2D eigenvalue weighted by atomic mass is 9.48. The van der Waals surface area contributed by atoms with Crippen molar-refractivity contribution < 1.29 is 4.79 Å². The van der Waals surface area contributed by atoms with Crippen LogP contribution in [-0.4, -0.2) is 34.0 Å². The number of likely N-dealkylation sites (N-methyl/N-ethyl adjacent to an activating group) is 1. The minimum absolute atomic E-state index is 0.176. The highest BCUT2D eigenvalue weighted by atomic mass is 16.2. The third-order valence-electron chi connectivity index (χ3n) is 9.63. The number of hydrogen-bond donors (Lipinski definition) is 0. The maximum Gasteiger partial charge on any atom is 0.246 e. The van der Waals surface area contributed by atoms with Gasteiger partial charge in [0.25, 0.3) is 0 Å². The van der Waals surface area contributed by atoms with E-state index in [4.69, 9.17) is 0 Å². The number of carbonyl (C=O) groups excluding carboxylic acids is 1. The molecule has 0 radical (unpaired) electrons. The van der Waals surface area contributed by atoms with E-state index in [9.17, 15) is 4.79 Å². The molecule has 0 bridgehead atoms. The molecule has 2 heterocycles. The topological polar surface area (TPSA) is 38.1 Å². The molecule has 6 rings (SSSR count). The lowest BCUT2D eigenvalue weighted by molar-refractivity contribution is -0.124. The Hall–Kier alpha value is -2.36. The molecule has 1 aromatic carbocycles. The predicted molar refractivity (Wildman–Crippen MR) is 124 cm³/mol. The SMILES string of the molecule is CN1CC[C@@]2(C)C(=CC1=O)CC[C@@H]1[C@@H]2CC[C@]2(C)C(n3cnc4ccccc43)=CC[C@@H]12. The highest BCUT2D eigenvalue weighted by Crippen LogP contribution is 2.65. The van der Waals surface area contributed by atoms with E-state index in [1.807, 2.05) is 24.4 Å². The van der Waals surface area contributed by atoms with Crippen LogP contribution in [0.1, 0.15) is 52.4 Å². The molecular formula is C27H33N3O. The van der Waals surface area contributed by atoms with Crippen molar-refractivity contribution in [2.24, 2.45) is 28.6 Å². The van der Waals surface area contributed by atoms with E-state index in [1.54, 1.807) is 0 Å². The molecule has 5 atom stereocenters. The molecule has 31 heavy (non-hydrogen) atoms. The summed E-state index contributed by atoms with van der Waals surface area (Å²) in [5.74, 6) is 2.33. The van der Waals surface area contributed by atoms with Gasteiger partial charge in [-0.15, -0.1) is 0 Å². The summed E-state index contributed by atoms with van der Waals surface area (Å²) in [5, 5.41) is 0. The number of rotatable bonds is 1. The summed E-state index contributed by atoms with van der Waals surface area (Å²) >= 11 is 0. The van der Waals surface area contributed by atoms with Crippen LogP contribution in [0.4, 0.5) is 0 Å². The summed E-state index contributed by atoms with van der Waals surface area (Å²) in [6.45, 7) is 5.86. The zero-order valence-electron chi connectivity index (χ0n) is 19.0. The molecule has 0 N–H and O–H groups in total. The van der Waals surface area contributed by atoms with Crippen molar-refractivity contribution >= 4 is 22.6 Å². The molecule has 2 fully saturated rings. The van der Waals surface area contributed by atoms with Crippen molar-refractivity contribution in [1.82, 2.24) is 14.5 Å². The van der Waals surface area contributed by atoms with E-state index in [-0.39, 0.29) is 16.7 Å². The van der Waals surface area contributed by atoms with Gasteiger partial charge in [-0.05, 0) is 73.8 Å². The van der Waals surface area contributed by atoms with Crippen LogP contribution in [0.3, 0.4) is 0 Å². The lowest BCUT2D eigenvalue weighted by Crippen LogP contribution is -2.49. The van der Waals surface area contributed by atoms with Crippen molar-refractivity contribution in [3.63, 3.8) is 0 Å². The van der Waals surface area contributed by atoms with Gasteiger partial charge in [0.05, 0.1) is 11.0 Å². The molecule has 1 aromatic heterocycles. The molecule has 1 aliphatic heterocycles. The molecule has 4 nitrogen and oxygen atoms in total. The first kappa shape index (κ1) is 19.3. The van der Waals surface area contributed by atoms with Crippen molar-refractivity contribution in [3.05, 3.63) is 48.3 Å². The molecule has 2 saturated carbocycles. The summed E-state index contributed by atoms with van der Waals surface area (Å²) in [6.07, 6.45) is 13.6. The van der Waals surface area contributed by atoms with E-state index in [0.29, 0.717) is 11.8 Å². The van der Waals surface area contributed by atoms with Crippen LogP contribution >= 0.6 is 0 Å². The molecule has 3 aliphatic carbocycles. The van der Waals surface area contributed by atoms with Crippen LogP contribution < -0.4 is 0 Å². The summed E-state index contributed by atoms with van der Waals surface area (Å²) in [4.78, 5) is 19.1. The molecule has 4 heteroatoms. The highest BCUT2D eigenvalue weighted by Gasteiger charge is 2.57. The number of para-hydroxylation sites is 2. The average Bonchev–Trinajstić information content (AvgIpc) is 3.31. The van der Waals surface area contributed by atoms with Crippen LogP contribution in [0.25, 0.3) is 16.7 Å². The highest BCUT2D eigenvalue weighted by molar-refractivity contribution is 5.88. The summed E-state index contributed by atoms with van der Waals surface area (Å²) in [7, 11) is 1.96. The van der Waals surface area contributed by atoms with Crippen molar-refractivity contribution in [1.29, 1.82) is 0 Å². The Morgan fingerprint density at radius 2 is 1.90 bits per heavy atom. The van der Waals surface area contributed by atoms with Gasteiger partial charge in [-0.1, -0.05) is 37.6 Å². The van der Waals surface area contributed by atoms with Crippen molar-refractivity contribution in [3.8, 4) is 0 Å². The predicted octanol–water partition coefficient (Wildman–Crippen LogP) is 5.52. The standard InChI is InChI=1S/C27H33N3O/c1-26-14-15-29(3)25(31)16-18(26)8-9-19-20-10-11-24(27(20,2)13-12-21(19)26)30-17-28-22-6-4-5-7-23(22)30/h4-7,11,16-17,19-21H,8-10,12-15H2,1-3H3/t19-,20-,21-,26-,27-/m0/s1. The Morgan fingerprint density at radius 3 is 2.77 bits per heavy atom. The van der Waals surface area contributed by atoms with Gasteiger partial charge < -0.3 is 9.47 Å². The van der Waals surface area contributed by atoms with E-state index in [1.165, 1.54) is 42.5 Å². The van der Waals surface area contributed by atoms with Gasteiger partial charge in [0, 0.05) is 30.8 Å². The van der Waals surface area contributed by atoms with Gasteiger partial charge in [-0.25, -0.2) is 4.98 Å². The normalized spacial score (nSPS) is 37.6. The quantitative estimate of drug-likeness (QED) is 0.615. The minimum atomic E-state index is 0.176. The monoisotopic (exact) mass is 415 g/mol. The first-order valence-corrected chi connectivity index (χ1v) is 12.0. The van der Waals surface area contributed by atoms with Crippen LogP contribution in [0.15, 0.2) is 48.3 Å². The molecule has 4 aliphatic rings. The van der Waals surface area contributed by atoms with E-state index in [0.717, 1.165) is 30.8 Å². The van der Waals surface area contributed by atoms with Gasteiger partial charge in [0.2, 0.25) is 5.91 Å². The second kappa shape index (κ2) is 6.57. The molecule has 2 aromatic rings. The van der Waals surface area contributed by atoms with Gasteiger partial charge in [0.15, 0.2) is 0 Å². The Bertz CT molecular complexity index is 1130. The Morgan fingerprint density at radius 1 is 1.06 bits per heavy atom. The lowest BCUT2D eigenvalue weighted by Gasteiger charge is -2.57. The van der Waals surface area contributed by atoms with E-state index in [2.05, 4.69) is 53.7 Å². The smallest absolute Gasteiger partial charge is 0.246 e.